The molecule has 0 aromatic heterocycles. The van der Waals surface area contributed by atoms with E-state index >= 15 is 0 Å². The normalized spacial score (nSPS) is 14.4. The minimum Gasteiger partial charge on any atom is -0.338 e. The molecule has 15 heavy (non-hydrogen) atoms. The number of hydrogen-bond donors (Lipinski definition) is 1. The molecule has 0 aliphatic heterocycles. The van der Waals surface area contributed by atoms with E-state index in [1.165, 1.54) is 0 Å². The molecular formula is C12H18N2O. The van der Waals surface area contributed by atoms with Gasteiger partial charge in [0.1, 0.15) is 0 Å². The van der Waals surface area contributed by atoms with Crippen LogP contribution in [-0.4, -0.2) is 23.9 Å². The van der Waals surface area contributed by atoms with Crippen molar-refractivity contribution in [2.45, 2.75) is 25.9 Å². The monoisotopic (exact) mass is 206 g/mol. The molecule has 1 amide bonds. The Morgan fingerprint density at radius 1 is 1.27 bits per heavy atom. The third kappa shape index (κ3) is 2.80. The zero-order chi connectivity index (χ0) is 11.4. The number of likely N-dealkylation sites (N-methyl/N-ethyl adjacent to an activating group) is 1. The fourth-order valence-corrected chi connectivity index (χ4v) is 1.47. The number of carbonyl (C=O) groups excluding carboxylic acids is 1. The molecule has 82 valence electrons. The van der Waals surface area contributed by atoms with Crippen molar-refractivity contribution in [3.63, 3.8) is 0 Å². The molecular weight excluding hydrogens is 188 g/mol. The maximum absolute atomic E-state index is 11.7. The Labute approximate surface area is 90.9 Å². The van der Waals surface area contributed by atoms with E-state index in [9.17, 15) is 4.79 Å². The van der Waals surface area contributed by atoms with Crippen molar-refractivity contribution < 1.29 is 4.79 Å². The Bertz CT molecular complexity index is 322. The highest BCUT2D eigenvalue weighted by Gasteiger charge is 2.19. The van der Waals surface area contributed by atoms with Crippen LogP contribution in [0.1, 0.15) is 25.5 Å². The molecule has 3 heteroatoms. The van der Waals surface area contributed by atoms with Crippen LogP contribution in [0.4, 0.5) is 0 Å². The van der Waals surface area contributed by atoms with E-state index in [0.717, 1.165) is 5.56 Å². The molecule has 0 heterocycles. The molecule has 1 aromatic rings. The number of nitrogens with zero attached hydrogens (tertiary/aromatic N) is 1. The van der Waals surface area contributed by atoms with Crippen molar-refractivity contribution in [2.75, 3.05) is 7.05 Å². The second-order valence-electron chi connectivity index (χ2n) is 3.82. The third-order valence-corrected chi connectivity index (χ3v) is 2.60. The van der Waals surface area contributed by atoms with Crippen LogP contribution in [0.2, 0.25) is 0 Å². The van der Waals surface area contributed by atoms with Gasteiger partial charge in [-0.05, 0) is 19.4 Å². The molecule has 0 bridgehead atoms. The lowest BCUT2D eigenvalue weighted by Crippen LogP contribution is -2.40. The highest BCUT2D eigenvalue weighted by atomic mass is 16.2. The number of benzene rings is 1. The van der Waals surface area contributed by atoms with Gasteiger partial charge >= 0.3 is 0 Å². The molecule has 0 radical (unpaired) electrons. The maximum Gasteiger partial charge on any atom is 0.239 e. The number of carbonyl (C=O) groups is 1. The Kier molecular flexibility index (Phi) is 3.86. The summed E-state index contributed by atoms with van der Waals surface area (Å²) in [6.07, 6.45) is 0. The van der Waals surface area contributed by atoms with Crippen LogP contribution in [-0.2, 0) is 4.79 Å². The highest BCUT2D eigenvalue weighted by Crippen LogP contribution is 2.18. The number of nitrogens with two attached hydrogens (primary N) is 1. The molecule has 0 fully saturated rings. The molecule has 3 nitrogen and oxygen atoms in total. The molecule has 1 rings (SSSR count). The van der Waals surface area contributed by atoms with Gasteiger partial charge in [0.25, 0.3) is 0 Å². The van der Waals surface area contributed by atoms with Crippen LogP contribution in [0, 0.1) is 0 Å². The van der Waals surface area contributed by atoms with E-state index in [4.69, 9.17) is 5.73 Å². The van der Waals surface area contributed by atoms with Gasteiger partial charge in [0.05, 0.1) is 12.1 Å². The van der Waals surface area contributed by atoms with E-state index in [-0.39, 0.29) is 11.9 Å². The molecule has 1 aromatic carbocycles. The summed E-state index contributed by atoms with van der Waals surface area (Å²) in [7, 11) is 1.78. The average molecular weight is 206 g/mol. The van der Waals surface area contributed by atoms with E-state index < -0.39 is 6.04 Å². The van der Waals surface area contributed by atoms with E-state index in [1.807, 2.05) is 37.3 Å². The van der Waals surface area contributed by atoms with Gasteiger partial charge in [-0.2, -0.15) is 0 Å². The van der Waals surface area contributed by atoms with E-state index in [0.29, 0.717) is 0 Å². The van der Waals surface area contributed by atoms with Crippen LogP contribution < -0.4 is 5.73 Å². The summed E-state index contributed by atoms with van der Waals surface area (Å²) in [5.74, 6) is -0.0358. The van der Waals surface area contributed by atoms with Gasteiger partial charge in [0.15, 0.2) is 0 Å². The number of amides is 1. The average Bonchev–Trinajstić information content (AvgIpc) is 2.27. The van der Waals surface area contributed by atoms with Crippen molar-refractivity contribution in [1.29, 1.82) is 0 Å². The predicted molar refractivity (Wildman–Crippen MR) is 61.3 cm³/mol. The van der Waals surface area contributed by atoms with Gasteiger partial charge in [-0.3, -0.25) is 4.79 Å². The van der Waals surface area contributed by atoms with Gasteiger partial charge in [0.2, 0.25) is 5.91 Å². The number of hydrogen-bond acceptors (Lipinski definition) is 2. The zero-order valence-corrected chi connectivity index (χ0v) is 9.47. The molecule has 2 N–H and O–H groups in total. The number of rotatable bonds is 3. The molecule has 2 atom stereocenters. The second-order valence-corrected chi connectivity index (χ2v) is 3.82. The Balaban J connectivity index is 2.77. The first kappa shape index (κ1) is 11.7. The lowest BCUT2D eigenvalue weighted by atomic mass is 10.1. The zero-order valence-electron chi connectivity index (χ0n) is 9.47. The summed E-state index contributed by atoms with van der Waals surface area (Å²) in [5.41, 5.74) is 6.68. The summed E-state index contributed by atoms with van der Waals surface area (Å²) in [6, 6.07) is 9.53. The minimum absolute atomic E-state index is 0.0358. The minimum atomic E-state index is -0.443. The van der Waals surface area contributed by atoms with Gasteiger partial charge in [-0.1, -0.05) is 30.3 Å². The fraction of sp³-hybridized carbons (Fsp3) is 0.417. The molecule has 0 spiro atoms. The molecule has 0 saturated carbocycles. The van der Waals surface area contributed by atoms with Crippen LogP contribution >= 0.6 is 0 Å². The fourth-order valence-electron chi connectivity index (χ4n) is 1.47. The van der Waals surface area contributed by atoms with Gasteiger partial charge < -0.3 is 10.6 Å². The first-order valence-corrected chi connectivity index (χ1v) is 5.11. The summed E-state index contributed by atoms with van der Waals surface area (Å²) in [6.45, 7) is 3.70. The van der Waals surface area contributed by atoms with Crippen molar-refractivity contribution in [3.05, 3.63) is 35.9 Å². The van der Waals surface area contributed by atoms with Crippen LogP contribution in [0.25, 0.3) is 0 Å². The topological polar surface area (TPSA) is 46.3 Å². The Hall–Kier alpha value is -1.35. The molecule has 0 saturated heterocycles. The first-order valence-electron chi connectivity index (χ1n) is 5.11. The molecule has 0 aliphatic carbocycles. The Morgan fingerprint density at radius 3 is 2.27 bits per heavy atom. The van der Waals surface area contributed by atoms with Gasteiger partial charge in [-0.25, -0.2) is 0 Å². The van der Waals surface area contributed by atoms with E-state index in [2.05, 4.69) is 0 Å². The van der Waals surface area contributed by atoms with Crippen molar-refractivity contribution in [3.8, 4) is 0 Å². The van der Waals surface area contributed by atoms with Gasteiger partial charge in [-0.15, -0.1) is 0 Å². The summed E-state index contributed by atoms with van der Waals surface area (Å²) < 4.78 is 0. The van der Waals surface area contributed by atoms with Crippen LogP contribution in [0.15, 0.2) is 30.3 Å². The maximum atomic E-state index is 11.7. The Morgan fingerprint density at radius 2 is 1.80 bits per heavy atom. The lowest BCUT2D eigenvalue weighted by molar-refractivity contribution is -0.132. The smallest absolute Gasteiger partial charge is 0.239 e. The first-order chi connectivity index (χ1) is 7.04. The SMILES string of the molecule is CC(c1ccccc1)N(C)C(=O)[C@H](C)N. The van der Waals surface area contributed by atoms with Crippen molar-refractivity contribution in [1.82, 2.24) is 4.90 Å². The second kappa shape index (κ2) is 4.94. The molecule has 0 aliphatic rings. The van der Waals surface area contributed by atoms with Crippen LogP contribution in [0.5, 0.6) is 0 Å². The van der Waals surface area contributed by atoms with Crippen LogP contribution in [0.3, 0.4) is 0 Å². The highest BCUT2D eigenvalue weighted by molar-refractivity contribution is 5.81. The van der Waals surface area contributed by atoms with Gasteiger partial charge in [0, 0.05) is 7.05 Å². The summed E-state index contributed by atoms with van der Waals surface area (Å²) >= 11 is 0. The standard InChI is InChI=1S/C12H18N2O/c1-9(13)12(15)14(3)10(2)11-7-5-4-6-8-11/h4-10H,13H2,1-3H3/t9-,10?/m0/s1. The third-order valence-electron chi connectivity index (χ3n) is 2.60. The summed E-state index contributed by atoms with van der Waals surface area (Å²) in [4.78, 5) is 13.3. The largest absolute Gasteiger partial charge is 0.338 e. The predicted octanol–water partition coefficient (Wildman–Crippen LogP) is 1.55. The van der Waals surface area contributed by atoms with Crippen molar-refractivity contribution in [2.24, 2.45) is 5.73 Å². The van der Waals surface area contributed by atoms with Crippen molar-refractivity contribution >= 4 is 5.91 Å². The lowest BCUT2D eigenvalue weighted by Gasteiger charge is -2.26. The summed E-state index contributed by atoms with van der Waals surface area (Å²) in [5, 5.41) is 0. The molecule has 1 unspecified atom stereocenters. The van der Waals surface area contributed by atoms with E-state index in [1.54, 1.807) is 18.9 Å². The quantitative estimate of drug-likeness (QED) is 0.815.